The molecule has 0 amide bonds. The van der Waals surface area contributed by atoms with E-state index in [4.69, 9.17) is 35.4 Å². The molecule has 4 atom stereocenters. The summed E-state index contributed by atoms with van der Waals surface area (Å²) in [5, 5.41) is 0. The predicted molar refractivity (Wildman–Crippen MR) is 237 cm³/mol. The van der Waals surface area contributed by atoms with E-state index in [1.54, 1.807) is 0 Å². The Bertz CT molecular complexity index is 1050. The maximum Gasteiger partial charge on any atom is 0.353 e. The van der Waals surface area contributed by atoms with Crippen LogP contribution in [0.25, 0.3) is 0 Å². The normalized spacial score (nSPS) is 35.1. The second kappa shape index (κ2) is 17.7. The molecule has 5 rings (SSSR count). The number of hydrogen-bond donors (Lipinski definition) is 0. The maximum absolute atomic E-state index is 8.70. The van der Waals surface area contributed by atoms with Crippen LogP contribution in [0.1, 0.15) is 214 Å². The fourth-order valence-electron chi connectivity index (χ4n) is 11.5. The Labute approximate surface area is 349 Å². The van der Waals surface area contributed by atoms with Crippen LogP contribution in [0.2, 0.25) is 22.2 Å². The minimum absolute atomic E-state index is 0.244. The molecule has 8 nitrogen and oxygen atoms in total. The Morgan fingerprint density at radius 3 is 0.589 bits per heavy atom. The van der Waals surface area contributed by atoms with Gasteiger partial charge in [0, 0.05) is 22.2 Å². The van der Waals surface area contributed by atoms with Gasteiger partial charge in [-0.3, -0.25) is 0 Å². The Morgan fingerprint density at radius 1 is 0.321 bits per heavy atom. The molecule has 12 heteroatoms. The lowest BCUT2D eigenvalue weighted by atomic mass is 10.2. The number of hydrogen-bond acceptors (Lipinski definition) is 8. The largest absolute Gasteiger partial charge is 0.412 e. The fourth-order valence-corrected chi connectivity index (χ4v) is 41.9. The first kappa shape index (κ1) is 47.6. The molecule has 4 aliphatic carbocycles. The molecule has 0 bridgehead atoms. The monoisotopic (exact) mass is 857 g/mol. The molecule has 5 aliphatic rings. The third-order valence-electron chi connectivity index (χ3n) is 13.4. The van der Waals surface area contributed by atoms with E-state index in [9.17, 15) is 0 Å². The van der Waals surface area contributed by atoms with Crippen molar-refractivity contribution in [2.24, 2.45) is 0 Å². The van der Waals surface area contributed by atoms with Crippen molar-refractivity contribution in [3.05, 3.63) is 0 Å². The highest BCUT2D eigenvalue weighted by Crippen LogP contribution is 2.59. The summed E-state index contributed by atoms with van der Waals surface area (Å²) in [4.78, 5) is 0. The molecule has 0 aromatic carbocycles. The maximum atomic E-state index is 8.70. The Morgan fingerprint density at radius 2 is 0.464 bits per heavy atom. The van der Waals surface area contributed by atoms with Gasteiger partial charge < -0.3 is 35.4 Å². The van der Waals surface area contributed by atoms with Gasteiger partial charge in [0.2, 0.25) is 0 Å². The molecule has 4 unspecified atom stereocenters. The smallest absolute Gasteiger partial charge is 0.353 e. The molecule has 328 valence electrons. The standard InChI is InChI=1S/C44H88O8Si4/c1-33(45-41(5,6)7)53(37-25-17-18-26-37)49-54(38-27-19-20-28-38,34(2)46-42(8,9)10)51-56(40-31-23-24-32-40,36(4)48-44(14,15)16)52-55(50-53,39-29-21-22-30-39)35(3)47-43(11,12)13/h33-40H,17-32H2,1-16H3. The summed E-state index contributed by atoms with van der Waals surface area (Å²) < 4.78 is 63.9. The van der Waals surface area contributed by atoms with Gasteiger partial charge in [-0.2, -0.15) is 0 Å². The van der Waals surface area contributed by atoms with Gasteiger partial charge in [-0.15, -0.1) is 0 Å². The lowest BCUT2D eigenvalue weighted by Crippen LogP contribution is -2.82. The van der Waals surface area contributed by atoms with E-state index >= 15 is 0 Å². The molecule has 0 spiro atoms. The van der Waals surface area contributed by atoms with Crippen LogP contribution in [-0.4, -0.2) is 79.6 Å². The molecular weight excluding hydrogens is 769 g/mol. The van der Waals surface area contributed by atoms with Crippen LogP contribution in [0.4, 0.5) is 0 Å². The van der Waals surface area contributed by atoms with Gasteiger partial charge in [-0.1, -0.05) is 51.4 Å². The molecule has 56 heavy (non-hydrogen) atoms. The third kappa shape index (κ3) is 10.8. The van der Waals surface area contributed by atoms with Gasteiger partial charge in [-0.25, -0.2) is 0 Å². The van der Waals surface area contributed by atoms with Gasteiger partial charge in [0.05, 0.1) is 45.3 Å². The zero-order chi connectivity index (χ0) is 41.6. The first-order chi connectivity index (χ1) is 25.8. The Hall–Kier alpha value is 0.548. The SMILES string of the molecule is CC(OC(C)(C)C)[Si]1(C2CCCC2)O[Si](C2CCCC2)(C(C)OC(C)(C)C)O[Si](C2CCCC2)(C(C)OC(C)(C)C)O[Si](C2CCCC2)(C(C)OC(C)(C)C)O1. The van der Waals surface area contributed by atoms with Crippen LogP contribution in [0.15, 0.2) is 0 Å². The summed E-state index contributed by atoms with van der Waals surface area (Å²) in [6.45, 7) is 35.5. The van der Waals surface area contributed by atoms with Crippen molar-refractivity contribution in [2.45, 2.75) is 281 Å². The quantitative estimate of drug-likeness (QED) is 0.180. The van der Waals surface area contributed by atoms with Crippen molar-refractivity contribution < 1.29 is 35.4 Å². The highest BCUT2D eigenvalue weighted by molar-refractivity contribution is 6.97. The molecule has 0 aromatic heterocycles. The average Bonchev–Trinajstić information content (AvgIpc) is 3.87. The van der Waals surface area contributed by atoms with Crippen LogP contribution in [0, 0.1) is 0 Å². The summed E-state index contributed by atoms with van der Waals surface area (Å²) >= 11 is 0. The highest BCUT2D eigenvalue weighted by atomic mass is 28.5. The molecule has 0 N–H and O–H groups in total. The van der Waals surface area contributed by atoms with Crippen molar-refractivity contribution in [2.75, 3.05) is 0 Å². The van der Waals surface area contributed by atoms with E-state index in [0.717, 1.165) is 51.4 Å². The van der Waals surface area contributed by atoms with E-state index < -0.39 is 34.2 Å². The van der Waals surface area contributed by atoms with E-state index in [2.05, 4.69) is 111 Å². The van der Waals surface area contributed by atoms with Crippen molar-refractivity contribution >= 4 is 34.2 Å². The van der Waals surface area contributed by atoms with Crippen molar-refractivity contribution in [3.8, 4) is 0 Å². The van der Waals surface area contributed by atoms with Gasteiger partial charge >= 0.3 is 34.2 Å². The van der Waals surface area contributed by atoms with Crippen molar-refractivity contribution in [1.82, 2.24) is 0 Å². The fraction of sp³-hybridized carbons (Fsp3) is 1.00. The van der Waals surface area contributed by atoms with E-state index in [-0.39, 0.29) is 67.5 Å². The molecule has 4 saturated carbocycles. The number of rotatable bonds is 12. The lowest BCUT2D eigenvalue weighted by molar-refractivity contribution is -0.0652. The molecular formula is C44H88O8Si4. The zero-order valence-electron chi connectivity index (χ0n) is 39.2. The zero-order valence-corrected chi connectivity index (χ0v) is 43.2. The summed E-state index contributed by atoms with van der Waals surface area (Å²) in [5.74, 6) is 0. The van der Waals surface area contributed by atoms with Crippen LogP contribution >= 0.6 is 0 Å². The lowest BCUT2D eigenvalue weighted by Gasteiger charge is -2.62. The second-order valence-corrected chi connectivity index (χ2v) is 38.3. The summed E-state index contributed by atoms with van der Waals surface area (Å²) in [5.41, 5.74) is -1.46. The molecule has 5 fully saturated rings. The van der Waals surface area contributed by atoms with Crippen LogP contribution < -0.4 is 0 Å². The van der Waals surface area contributed by atoms with Gasteiger partial charge in [0.25, 0.3) is 0 Å². The van der Waals surface area contributed by atoms with Crippen molar-refractivity contribution in [3.63, 3.8) is 0 Å². The summed E-state index contributed by atoms with van der Waals surface area (Å²) in [6.07, 6.45) is 18.2. The van der Waals surface area contributed by atoms with E-state index in [1.807, 2.05) is 0 Å². The summed E-state index contributed by atoms with van der Waals surface area (Å²) in [6, 6.07) is 0. The Kier molecular flexibility index (Phi) is 15.1. The second-order valence-electron chi connectivity index (χ2n) is 22.7. The molecule has 1 heterocycles. The first-order valence-corrected chi connectivity index (χ1v) is 31.2. The Balaban J connectivity index is 1.92. The minimum atomic E-state index is -3.44. The third-order valence-corrected chi connectivity index (χ3v) is 35.4. The molecule has 0 aromatic rings. The molecule has 1 saturated heterocycles. The van der Waals surface area contributed by atoms with E-state index in [1.165, 1.54) is 51.4 Å². The molecule has 0 radical (unpaired) electrons. The average molecular weight is 858 g/mol. The van der Waals surface area contributed by atoms with Gasteiger partial charge in [0.1, 0.15) is 0 Å². The number of ether oxygens (including phenoxy) is 4. The minimum Gasteiger partial charge on any atom is -0.412 e. The van der Waals surface area contributed by atoms with Crippen LogP contribution in [0.3, 0.4) is 0 Å². The first-order valence-electron chi connectivity index (χ1n) is 23.3. The van der Waals surface area contributed by atoms with Crippen LogP contribution in [0.5, 0.6) is 0 Å². The van der Waals surface area contributed by atoms with Crippen molar-refractivity contribution in [1.29, 1.82) is 0 Å². The van der Waals surface area contributed by atoms with Crippen LogP contribution in [-0.2, 0) is 35.4 Å². The topological polar surface area (TPSA) is 73.8 Å². The predicted octanol–water partition coefficient (Wildman–Crippen LogP) is 12.6. The van der Waals surface area contributed by atoms with Gasteiger partial charge in [-0.05, 0) is 162 Å². The summed E-state index contributed by atoms with van der Waals surface area (Å²) in [7, 11) is -13.8. The van der Waals surface area contributed by atoms with Gasteiger partial charge in [0.15, 0.2) is 0 Å². The highest BCUT2D eigenvalue weighted by Gasteiger charge is 2.75. The molecule has 1 aliphatic heterocycles. The van der Waals surface area contributed by atoms with E-state index in [0.29, 0.717) is 0 Å².